The molecule has 0 aliphatic rings. The zero-order valence-electron chi connectivity index (χ0n) is 29.0. The zero-order valence-corrected chi connectivity index (χ0v) is 29.8. The maximum Gasteiger partial charge on any atom is 0.267 e. The first-order valence-electron chi connectivity index (χ1n) is 18.3. The predicted molar refractivity (Wildman–Crippen MR) is 193 cm³/mol. The highest BCUT2D eigenvalue weighted by Gasteiger charge is 2.24. The molecule has 0 heterocycles. The van der Waals surface area contributed by atoms with Gasteiger partial charge in [-0.1, -0.05) is 146 Å². The van der Waals surface area contributed by atoms with Crippen molar-refractivity contribution in [3.8, 4) is 0 Å². The largest absolute Gasteiger partial charge is 0.387 e. The van der Waals surface area contributed by atoms with Gasteiger partial charge in [-0.05, 0) is 64.2 Å². The third kappa shape index (κ3) is 33.5. The van der Waals surface area contributed by atoms with E-state index in [1.807, 2.05) is 0 Å². The van der Waals surface area contributed by atoms with Crippen molar-refractivity contribution in [1.29, 1.82) is 0 Å². The second-order valence-electron chi connectivity index (χ2n) is 12.5. The Kier molecular flexibility index (Phi) is 31.0. The molecule has 0 aromatic heterocycles. The van der Waals surface area contributed by atoms with E-state index in [2.05, 4.69) is 55.6 Å². The van der Waals surface area contributed by atoms with Gasteiger partial charge in [0.2, 0.25) is 5.91 Å². The number of aliphatic hydroxyl groups is 1. The van der Waals surface area contributed by atoms with Crippen LogP contribution in [-0.2, 0) is 14.9 Å². The van der Waals surface area contributed by atoms with Crippen LogP contribution in [-0.4, -0.2) is 41.9 Å². The minimum absolute atomic E-state index is 0.272. The molecule has 262 valence electrons. The van der Waals surface area contributed by atoms with Crippen LogP contribution in [0.1, 0.15) is 168 Å². The smallest absolute Gasteiger partial charge is 0.267 e. The first-order valence-corrected chi connectivity index (χ1v) is 19.9. The van der Waals surface area contributed by atoms with Crippen LogP contribution in [0, 0.1) is 0 Å². The Morgan fingerprint density at radius 2 is 0.978 bits per heavy atom. The third-order valence-electron chi connectivity index (χ3n) is 7.96. The molecule has 3 N–H and O–H groups in total. The number of allylic oxidation sites excluding steroid dienone is 7. The summed E-state index contributed by atoms with van der Waals surface area (Å²) in [6.45, 7) is 4.46. The van der Waals surface area contributed by atoms with Crippen molar-refractivity contribution in [3.63, 3.8) is 0 Å². The van der Waals surface area contributed by atoms with E-state index >= 15 is 0 Å². The van der Waals surface area contributed by atoms with Gasteiger partial charge in [-0.25, -0.2) is 0 Å². The number of carbonyl (C=O) groups excluding carboxylic acids is 1. The number of carbonyl (C=O) groups is 1. The summed E-state index contributed by atoms with van der Waals surface area (Å²) in [7, 11) is -4.35. The first-order chi connectivity index (χ1) is 21.8. The first kappa shape index (κ1) is 43.3. The molecule has 1 amide bonds. The molecule has 2 atom stereocenters. The SMILES string of the molecule is CCCC/C=C\CCCCCCCC(=O)NC(CS(=O)(=O)O)C(O)/C=C/CC/C=C/CC/C=C/CCCCCCCCCCC. The van der Waals surface area contributed by atoms with Crippen LogP contribution in [0.5, 0.6) is 0 Å². The van der Waals surface area contributed by atoms with Crippen LogP contribution in [0.25, 0.3) is 0 Å². The number of amides is 1. The van der Waals surface area contributed by atoms with Gasteiger partial charge in [-0.2, -0.15) is 8.42 Å². The van der Waals surface area contributed by atoms with E-state index in [0.29, 0.717) is 12.8 Å². The summed E-state index contributed by atoms with van der Waals surface area (Å²) in [5.74, 6) is -1.03. The number of hydrogen-bond acceptors (Lipinski definition) is 4. The summed E-state index contributed by atoms with van der Waals surface area (Å²) in [4.78, 5) is 12.4. The fraction of sp³-hybridized carbons (Fsp3) is 0.763. The molecule has 0 aliphatic heterocycles. The molecule has 45 heavy (non-hydrogen) atoms. The Morgan fingerprint density at radius 1 is 0.578 bits per heavy atom. The quantitative estimate of drug-likeness (QED) is 0.0381. The molecule has 0 saturated heterocycles. The van der Waals surface area contributed by atoms with E-state index in [0.717, 1.165) is 57.8 Å². The predicted octanol–water partition coefficient (Wildman–Crippen LogP) is 10.3. The van der Waals surface area contributed by atoms with E-state index in [-0.39, 0.29) is 12.3 Å². The highest BCUT2D eigenvalue weighted by molar-refractivity contribution is 7.85. The molecule has 0 saturated carbocycles. The molecule has 6 nitrogen and oxygen atoms in total. The van der Waals surface area contributed by atoms with Crippen LogP contribution >= 0.6 is 0 Å². The zero-order chi connectivity index (χ0) is 33.3. The average molecular weight is 652 g/mol. The van der Waals surface area contributed by atoms with Gasteiger partial charge in [0.25, 0.3) is 10.1 Å². The van der Waals surface area contributed by atoms with Crippen LogP contribution in [0.15, 0.2) is 48.6 Å². The number of rotatable bonds is 32. The van der Waals surface area contributed by atoms with Gasteiger partial charge in [-0.15, -0.1) is 0 Å². The van der Waals surface area contributed by atoms with Gasteiger partial charge >= 0.3 is 0 Å². The van der Waals surface area contributed by atoms with Gasteiger partial charge in [-0.3, -0.25) is 9.35 Å². The molecule has 7 heteroatoms. The lowest BCUT2D eigenvalue weighted by Gasteiger charge is -2.21. The Morgan fingerprint density at radius 3 is 1.47 bits per heavy atom. The fourth-order valence-corrected chi connectivity index (χ4v) is 5.90. The monoisotopic (exact) mass is 651 g/mol. The third-order valence-corrected chi connectivity index (χ3v) is 8.74. The van der Waals surface area contributed by atoms with Gasteiger partial charge in [0, 0.05) is 6.42 Å². The van der Waals surface area contributed by atoms with Crippen molar-refractivity contribution in [2.45, 2.75) is 180 Å². The molecule has 0 aliphatic carbocycles. The maximum absolute atomic E-state index is 12.4. The van der Waals surface area contributed by atoms with Crippen molar-refractivity contribution >= 4 is 16.0 Å². The highest BCUT2D eigenvalue weighted by atomic mass is 32.2. The van der Waals surface area contributed by atoms with Gasteiger partial charge in [0.05, 0.1) is 17.9 Å². The van der Waals surface area contributed by atoms with Crippen LogP contribution in [0.3, 0.4) is 0 Å². The maximum atomic E-state index is 12.4. The molecule has 0 radical (unpaired) electrons. The summed E-state index contributed by atoms with van der Waals surface area (Å²) >= 11 is 0. The lowest BCUT2D eigenvalue weighted by atomic mass is 10.1. The number of hydrogen-bond donors (Lipinski definition) is 3. The molecule has 0 fully saturated rings. The van der Waals surface area contributed by atoms with E-state index < -0.39 is 28.0 Å². The number of unbranched alkanes of at least 4 members (excludes halogenated alkanes) is 18. The highest BCUT2D eigenvalue weighted by Crippen LogP contribution is 2.12. The second-order valence-corrected chi connectivity index (χ2v) is 14.0. The van der Waals surface area contributed by atoms with Crippen molar-refractivity contribution in [3.05, 3.63) is 48.6 Å². The Labute approximate surface area is 278 Å². The van der Waals surface area contributed by atoms with Gasteiger partial charge < -0.3 is 10.4 Å². The van der Waals surface area contributed by atoms with E-state index in [9.17, 15) is 22.9 Å². The Balaban J connectivity index is 4.07. The molecule has 0 aromatic rings. The summed E-state index contributed by atoms with van der Waals surface area (Å²) in [5, 5.41) is 13.1. The summed E-state index contributed by atoms with van der Waals surface area (Å²) < 4.78 is 32.3. The second kappa shape index (κ2) is 32.2. The Bertz CT molecular complexity index is 894. The minimum Gasteiger partial charge on any atom is -0.387 e. The molecule has 0 bridgehead atoms. The number of aliphatic hydroxyl groups excluding tert-OH is 1. The van der Waals surface area contributed by atoms with Crippen molar-refractivity contribution in [2.24, 2.45) is 0 Å². The van der Waals surface area contributed by atoms with Gasteiger partial charge in [0.15, 0.2) is 0 Å². The van der Waals surface area contributed by atoms with E-state index in [1.54, 1.807) is 6.08 Å². The lowest BCUT2D eigenvalue weighted by molar-refractivity contribution is -0.122. The van der Waals surface area contributed by atoms with E-state index in [4.69, 9.17) is 0 Å². The molecule has 0 spiro atoms. The topological polar surface area (TPSA) is 104 Å². The molecule has 0 rings (SSSR count). The number of nitrogens with one attached hydrogen (secondary N) is 1. The lowest BCUT2D eigenvalue weighted by Crippen LogP contribution is -2.46. The van der Waals surface area contributed by atoms with Crippen molar-refractivity contribution < 1.29 is 22.9 Å². The minimum atomic E-state index is -4.35. The van der Waals surface area contributed by atoms with Crippen LogP contribution in [0.4, 0.5) is 0 Å². The van der Waals surface area contributed by atoms with Crippen LogP contribution in [0.2, 0.25) is 0 Å². The fourth-order valence-electron chi connectivity index (χ4n) is 5.17. The molecular formula is C38H69NO5S. The summed E-state index contributed by atoms with van der Waals surface area (Å²) in [6.07, 6.45) is 42.4. The normalized spacial score (nSPS) is 14.0. The summed E-state index contributed by atoms with van der Waals surface area (Å²) in [6, 6.07) is -1.08. The van der Waals surface area contributed by atoms with Crippen LogP contribution < -0.4 is 5.32 Å². The molecule has 0 aromatic carbocycles. The van der Waals surface area contributed by atoms with Crippen molar-refractivity contribution in [1.82, 2.24) is 5.32 Å². The summed E-state index contributed by atoms with van der Waals surface area (Å²) in [5.41, 5.74) is 0. The molecular weight excluding hydrogens is 582 g/mol. The van der Waals surface area contributed by atoms with Crippen molar-refractivity contribution in [2.75, 3.05) is 5.75 Å². The Hall–Kier alpha value is -1.70. The van der Waals surface area contributed by atoms with E-state index in [1.165, 1.54) is 83.1 Å². The standard InChI is InChI=1S/C38H69NO5S/c1-3-5-7-9-11-13-15-16-17-18-19-20-21-22-24-25-27-29-31-33-37(40)36(35-45(42,43)44)39-38(41)34-32-30-28-26-23-14-12-10-8-6-4-2/h10,12,19-20,24-25,31,33,36-37,40H,3-9,11,13-18,21-23,26-30,32,34-35H2,1-2H3,(H,39,41)(H,42,43,44)/b12-10-,20-19+,25-24+,33-31+. The molecule has 2 unspecified atom stereocenters. The average Bonchev–Trinajstić information content (AvgIpc) is 3.00. The van der Waals surface area contributed by atoms with Gasteiger partial charge in [0.1, 0.15) is 0 Å².